The van der Waals surface area contributed by atoms with E-state index in [9.17, 15) is 0 Å². The van der Waals surface area contributed by atoms with Gasteiger partial charge in [0.2, 0.25) is 0 Å². The Hall–Kier alpha value is -0.170. The van der Waals surface area contributed by atoms with Crippen molar-refractivity contribution >= 4 is 10.4 Å². The molecule has 27 heavy (non-hydrogen) atoms. The van der Waals surface area contributed by atoms with Gasteiger partial charge >= 0.3 is 10.4 Å². The molecule has 0 aliphatic heterocycles. The first-order valence-electron chi connectivity index (χ1n) is 11.3. The van der Waals surface area contributed by atoms with Crippen molar-refractivity contribution < 1.29 is 17.5 Å². The number of unbranched alkanes of at least 4 members (excludes halogenated alkanes) is 13. The van der Waals surface area contributed by atoms with Crippen molar-refractivity contribution in [1.82, 2.24) is 5.32 Å². The Balaban J connectivity index is 0. The summed E-state index contributed by atoms with van der Waals surface area (Å²) >= 11 is 0. The monoisotopic (exact) mass is 409 g/mol. The van der Waals surface area contributed by atoms with Crippen LogP contribution in [0.1, 0.15) is 124 Å². The van der Waals surface area contributed by atoms with Crippen molar-refractivity contribution in [3.8, 4) is 0 Å². The topological polar surface area (TPSA) is 86.6 Å². The molecule has 166 valence electrons. The van der Waals surface area contributed by atoms with Crippen molar-refractivity contribution in [3.63, 3.8) is 0 Å². The van der Waals surface area contributed by atoms with Crippen LogP contribution in [0.2, 0.25) is 0 Å². The van der Waals surface area contributed by atoms with Gasteiger partial charge in [0.05, 0.1) is 0 Å². The summed E-state index contributed by atoms with van der Waals surface area (Å²) in [5.41, 5.74) is 0. The Morgan fingerprint density at radius 2 is 0.926 bits per heavy atom. The maximum absolute atomic E-state index is 8.74. The quantitative estimate of drug-likeness (QED) is 0.175. The lowest BCUT2D eigenvalue weighted by Crippen LogP contribution is -2.28. The first-order chi connectivity index (χ1) is 12.8. The number of hydrogen-bond donors (Lipinski definition) is 3. The van der Waals surface area contributed by atoms with Crippen LogP contribution in [0.15, 0.2) is 0 Å². The van der Waals surface area contributed by atoms with Crippen molar-refractivity contribution in [2.24, 2.45) is 0 Å². The molecule has 6 heteroatoms. The molecule has 0 aliphatic carbocycles. The second kappa shape index (κ2) is 22.1. The number of rotatable bonds is 18. The van der Waals surface area contributed by atoms with Crippen LogP contribution in [-0.2, 0) is 10.4 Å². The standard InChI is InChI=1S/C21H45N.H2O4S/c1-4-7-8-9-10-11-12-13-14-15-16-17-18-19-20-22-21(5-2)6-3;1-5(2,3)4/h21-22H,4-20H2,1-3H3;(H2,1,2,3,4). The molecule has 0 aromatic heterocycles. The van der Waals surface area contributed by atoms with Gasteiger partial charge in [-0.05, 0) is 25.8 Å². The average molecular weight is 410 g/mol. The van der Waals surface area contributed by atoms with Crippen molar-refractivity contribution in [2.45, 2.75) is 130 Å². The van der Waals surface area contributed by atoms with Crippen molar-refractivity contribution in [1.29, 1.82) is 0 Å². The zero-order chi connectivity index (χ0) is 20.8. The molecule has 5 nitrogen and oxygen atoms in total. The van der Waals surface area contributed by atoms with Crippen LogP contribution >= 0.6 is 0 Å². The molecular weight excluding hydrogens is 362 g/mol. The highest BCUT2D eigenvalue weighted by Gasteiger charge is 2.00. The molecule has 0 spiro atoms. The molecule has 0 aromatic carbocycles. The number of hydrogen-bond acceptors (Lipinski definition) is 3. The van der Waals surface area contributed by atoms with Crippen LogP contribution in [0.3, 0.4) is 0 Å². The lowest BCUT2D eigenvalue weighted by Gasteiger charge is -2.14. The van der Waals surface area contributed by atoms with E-state index in [1.54, 1.807) is 0 Å². The van der Waals surface area contributed by atoms with Crippen LogP contribution in [0.4, 0.5) is 0 Å². The number of nitrogens with one attached hydrogen (secondary N) is 1. The minimum Gasteiger partial charge on any atom is -0.314 e. The van der Waals surface area contributed by atoms with E-state index in [0.717, 1.165) is 6.04 Å². The second-order valence-electron chi connectivity index (χ2n) is 7.51. The molecule has 0 fully saturated rings. The van der Waals surface area contributed by atoms with Crippen LogP contribution < -0.4 is 5.32 Å². The summed E-state index contributed by atoms with van der Waals surface area (Å²) in [6, 6.07) is 0.752. The average Bonchev–Trinajstić information content (AvgIpc) is 2.60. The zero-order valence-electron chi connectivity index (χ0n) is 18.2. The molecule has 0 aliphatic rings. The summed E-state index contributed by atoms with van der Waals surface area (Å²) in [6.07, 6.45) is 22.8. The normalized spacial score (nSPS) is 11.5. The van der Waals surface area contributed by atoms with Gasteiger partial charge in [-0.1, -0.05) is 104 Å². The fourth-order valence-electron chi connectivity index (χ4n) is 3.20. The van der Waals surface area contributed by atoms with E-state index < -0.39 is 10.4 Å². The van der Waals surface area contributed by atoms with Crippen molar-refractivity contribution in [2.75, 3.05) is 6.54 Å². The highest BCUT2D eigenvalue weighted by molar-refractivity contribution is 7.79. The highest BCUT2D eigenvalue weighted by Crippen LogP contribution is 2.12. The van der Waals surface area contributed by atoms with Gasteiger partial charge in [-0.3, -0.25) is 9.11 Å². The highest BCUT2D eigenvalue weighted by atomic mass is 32.3. The maximum Gasteiger partial charge on any atom is 0.394 e. The van der Waals surface area contributed by atoms with E-state index in [1.807, 2.05) is 0 Å². The van der Waals surface area contributed by atoms with Crippen LogP contribution in [0, 0.1) is 0 Å². The fraction of sp³-hybridized carbons (Fsp3) is 1.00. The second-order valence-corrected chi connectivity index (χ2v) is 8.41. The van der Waals surface area contributed by atoms with Gasteiger partial charge in [-0.15, -0.1) is 0 Å². The molecular formula is C21H47NO4S. The van der Waals surface area contributed by atoms with Crippen LogP contribution in [-0.4, -0.2) is 30.1 Å². The largest absolute Gasteiger partial charge is 0.394 e. The van der Waals surface area contributed by atoms with Crippen molar-refractivity contribution in [3.05, 3.63) is 0 Å². The first-order valence-corrected chi connectivity index (χ1v) is 12.7. The SMILES string of the molecule is CCCCCCCCCCCCCCCCNC(CC)CC.O=S(=O)(O)O. The van der Waals surface area contributed by atoms with Gasteiger partial charge < -0.3 is 5.32 Å². The minimum atomic E-state index is -4.67. The third-order valence-corrected chi connectivity index (χ3v) is 4.95. The Kier molecular flexibility index (Phi) is 23.8. The van der Waals surface area contributed by atoms with E-state index in [4.69, 9.17) is 17.5 Å². The van der Waals surface area contributed by atoms with Crippen LogP contribution in [0.5, 0.6) is 0 Å². The van der Waals surface area contributed by atoms with Gasteiger partial charge in [-0.2, -0.15) is 8.42 Å². The van der Waals surface area contributed by atoms with Gasteiger partial charge in [0.15, 0.2) is 0 Å². The van der Waals surface area contributed by atoms with E-state index in [-0.39, 0.29) is 0 Å². The third kappa shape index (κ3) is 33.8. The summed E-state index contributed by atoms with van der Waals surface area (Å²) < 4.78 is 31.6. The van der Waals surface area contributed by atoms with Gasteiger partial charge in [0, 0.05) is 6.04 Å². The summed E-state index contributed by atoms with van der Waals surface area (Å²) in [6.45, 7) is 8.09. The third-order valence-electron chi connectivity index (χ3n) is 4.95. The van der Waals surface area contributed by atoms with E-state index in [0.29, 0.717) is 0 Å². The maximum atomic E-state index is 8.74. The van der Waals surface area contributed by atoms with Gasteiger partial charge in [0.25, 0.3) is 0 Å². The lowest BCUT2D eigenvalue weighted by atomic mass is 10.0. The fourth-order valence-corrected chi connectivity index (χ4v) is 3.20. The molecule has 3 N–H and O–H groups in total. The van der Waals surface area contributed by atoms with E-state index in [1.165, 1.54) is 109 Å². The summed E-state index contributed by atoms with van der Waals surface area (Å²) in [5.74, 6) is 0. The zero-order valence-corrected chi connectivity index (χ0v) is 19.0. The first kappa shape index (κ1) is 29.0. The summed E-state index contributed by atoms with van der Waals surface area (Å²) in [4.78, 5) is 0. The van der Waals surface area contributed by atoms with Gasteiger partial charge in [0.1, 0.15) is 0 Å². The minimum absolute atomic E-state index is 0.752. The molecule has 0 atom stereocenters. The summed E-state index contributed by atoms with van der Waals surface area (Å²) in [5, 5.41) is 3.66. The molecule has 0 saturated heterocycles. The molecule has 0 saturated carbocycles. The van der Waals surface area contributed by atoms with Crippen LogP contribution in [0.25, 0.3) is 0 Å². The molecule has 0 unspecified atom stereocenters. The predicted molar refractivity (Wildman–Crippen MR) is 117 cm³/mol. The Bertz CT molecular complexity index is 362. The summed E-state index contributed by atoms with van der Waals surface area (Å²) in [7, 11) is -4.67. The molecule has 0 radical (unpaired) electrons. The lowest BCUT2D eigenvalue weighted by molar-refractivity contribution is 0.381. The molecule has 0 bridgehead atoms. The predicted octanol–water partition coefficient (Wildman–Crippen LogP) is 6.59. The Morgan fingerprint density at radius 1 is 0.630 bits per heavy atom. The smallest absolute Gasteiger partial charge is 0.314 e. The molecule has 0 aromatic rings. The Morgan fingerprint density at radius 3 is 1.22 bits per heavy atom. The van der Waals surface area contributed by atoms with Gasteiger partial charge in [-0.25, -0.2) is 0 Å². The van der Waals surface area contributed by atoms with E-state index >= 15 is 0 Å². The van der Waals surface area contributed by atoms with E-state index in [2.05, 4.69) is 26.1 Å². The molecule has 0 heterocycles. The molecule has 0 amide bonds. The molecule has 0 rings (SSSR count). The Labute approximate surface area is 169 Å².